The van der Waals surface area contributed by atoms with E-state index in [2.05, 4.69) is 20.2 Å². The Kier molecular flexibility index (Phi) is 7.55. The number of anilines is 2. The van der Waals surface area contributed by atoms with Crippen molar-refractivity contribution in [3.63, 3.8) is 0 Å². The first-order valence-electron chi connectivity index (χ1n) is 10.6. The van der Waals surface area contributed by atoms with Crippen molar-refractivity contribution < 1.29 is 17.9 Å². The van der Waals surface area contributed by atoms with Crippen LogP contribution in [0.15, 0.2) is 29.2 Å². The summed E-state index contributed by atoms with van der Waals surface area (Å²) in [5.74, 6) is 3.16. The summed E-state index contributed by atoms with van der Waals surface area (Å²) >= 11 is 0. The number of hydrogen-bond donors (Lipinski definition) is 1. The first-order valence-corrected chi connectivity index (χ1v) is 12.1. The summed E-state index contributed by atoms with van der Waals surface area (Å²) in [4.78, 5) is 11.2. The molecule has 1 aliphatic rings. The lowest BCUT2D eigenvalue weighted by Gasteiger charge is -2.35. The molecule has 1 aromatic heterocycles. The molecule has 0 radical (unpaired) electrons. The van der Waals surface area contributed by atoms with Crippen LogP contribution < -0.4 is 19.7 Å². The first-order chi connectivity index (χ1) is 14.9. The van der Waals surface area contributed by atoms with Crippen molar-refractivity contribution in [1.82, 2.24) is 14.3 Å². The van der Waals surface area contributed by atoms with Gasteiger partial charge in [-0.3, -0.25) is 0 Å². The molecule has 0 unspecified atom stereocenters. The van der Waals surface area contributed by atoms with Gasteiger partial charge < -0.3 is 19.7 Å². The van der Waals surface area contributed by atoms with E-state index in [9.17, 15) is 8.42 Å². The molecule has 3 rings (SSSR count). The highest BCUT2D eigenvalue weighted by molar-refractivity contribution is 7.89. The van der Waals surface area contributed by atoms with Gasteiger partial charge in [0.2, 0.25) is 10.0 Å². The molecule has 31 heavy (non-hydrogen) atoms. The topological polar surface area (TPSA) is 96.9 Å². The number of nitrogens with one attached hydrogen (secondary N) is 1. The molecule has 1 saturated heterocycles. The number of ether oxygens (including phenoxy) is 2. The zero-order chi connectivity index (χ0) is 22.4. The molecule has 9 nitrogen and oxygen atoms in total. The van der Waals surface area contributed by atoms with E-state index in [4.69, 9.17) is 9.47 Å². The largest absolute Gasteiger partial charge is 0.494 e. The van der Waals surface area contributed by atoms with Crippen LogP contribution in [0.3, 0.4) is 0 Å². The summed E-state index contributed by atoms with van der Waals surface area (Å²) in [5, 5.41) is 3.21. The minimum absolute atomic E-state index is 0.165. The van der Waals surface area contributed by atoms with E-state index >= 15 is 0 Å². The monoisotopic (exact) mass is 449 g/mol. The van der Waals surface area contributed by atoms with Gasteiger partial charge in [-0.2, -0.15) is 4.31 Å². The van der Waals surface area contributed by atoms with E-state index in [1.54, 1.807) is 18.2 Å². The van der Waals surface area contributed by atoms with Gasteiger partial charge in [0.25, 0.3) is 0 Å². The van der Waals surface area contributed by atoms with Crippen molar-refractivity contribution in [3.8, 4) is 11.5 Å². The standard InChI is InChI=1S/C21H31N5O4S/c1-5-22-20-15-21(24-16(4)23-20)25-10-12-26(13-11-25)31(27,28)19-9-8-17(29-6-2)14-18(19)30-7-3/h8-9,14-15H,5-7,10-13H2,1-4H3,(H,22,23,24). The summed E-state index contributed by atoms with van der Waals surface area (Å²) < 4.78 is 39.3. The van der Waals surface area contributed by atoms with Gasteiger partial charge in [-0.15, -0.1) is 0 Å². The number of rotatable bonds is 9. The molecular weight excluding hydrogens is 418 g/mol. The third kappa shape index (κ3) is 5.37. The quantitative estimate of drug-likeness (QED) is 0.624. The maximum Gasteiger partial charge on any atom is 0.246 e. The van der Waals surface area contributed by atoms with Gasteiger partial charge in [-0.25, -0.2) is 18.4 Å². The summed E-state index contributed by atoms with van der Waals surface area (Å²) in [5.41, 5.74) is 0. The highest BCUT2D eigenvalue weighted by atomic mass is 32.2. The molecule has 1 aromatic carbocycles. The fraction of sp³-hybridized carbons (Fsp3) is 0.524. The molecule has 1 fully saturated rings. The second kappa shape index (κ2) is 10.1. The Labute approximate surface area is 184 Å². The van der Waals surface area contributed by atoms with Crippen LogP contribution in [0.5, 0.6) is 11.5 Å². The van der Waals surface area contributed by atoms with Gasteiger partial charge in [0.1, 0.15) is 33.9 Å². The summed E-state index contributed by atoms with van der Waals surface area (Å²) in [6, 6.07) is 6.78. The second-order valence-electron chi connectivity index (χ2n) is 7.05. The Morgan fingerprint density at radius 1 is 1.00 bits per heavy atom. The molecule has 0 amide bonds. The second-order valence-corrected chi connectivity index (χ2v) is 8.96. The molecular formula is C21H31N5O4S. The predicted molar refractivity (Wildman–Crippen MR) is 121 cm³/mol. The number of hydrogen-bond acceptors (Lipinski definition) is 8. The van der Waals surface area contributed by atoms with E-state index in [-0.39, 0.29) is 4.90 Å². The third-order valence-corrected chi connectivity index (χ3v) is 6.83. The number of benzene rings is 1. The number of aromatic nitrogens is 2. The Morgan fingerprint density at radius 2 is 1.71 bits per heavy atom. The summed E-state index contributed by atoms with van der Waals surface area (Å²) in [6.45, 7) is 11.0. The molecule has 0 aliphatic carbocycles. The van der Waals surface area contributed by atoms with Crippen molar-refractivity contribution in [3.05, 3.63) is 30.1 Å². The normalized spacial score (nSPS) is 15.0. The number of aryl methyl sites for hydroxylation is 1. The molecule has 0 atom stereocenters. The van der Waals surface area contributed by atoms with Gasteiger partial charge >= 0.3 is 0 Å². The molecule has 0 saturated carbocycles. The lowest BCUT2D eigenvalue weighted by molar-refractivity contribution is 0.314. The van der Waals surface area contributed by atoms with Crippen LogP contribution in [0.1, 0.15) is 26.6 Å². The van der Waals surface area contributed by atoms with E-state index in [0.717, 1.165) is 18.2 Å². The van der Waals surface area contributed by atoms with Crippen LogP contribution in [-0.4, -0.2) is 68.6 Å². The van der Waals surface area contributed by atoms with Gasteiger partial charge in [0.15, 0.2) is 0 Å². The Balaban J connectivity index is 1.77. The van der Waals surface area contributed by atoms with Gasteiger partial charge in [0.05, 0.1) is 13.2 Å². The highest BCUT2D eigenvalue weighted by Gasteiger charge is 2.31. The van der Waals surface area contributed by atoms with E-state index in [1.807, 2.05) is 33.8 Å². The summed E-state index contributed by atoms with van der Waals surface area (Å²) in [6.07, 6.45) is 0. The van der Waals surface area contributed by atoms with E-state index < -0.39 is 10.0 Å². The zero-order valence-electron chi connectivity index (χ0n) is 18.6. The maximum absolute atomic E-state index is 13.3. The summed E-state index contributed by atoms with van der Waals surface area (Å²) in [7, 11) is -3.70. The fourth-order valence-corrected chi connectivity index (χ4v) is 5.04. The van der Waals surface area contributed by atoms with Gasteiger partial charge in [-0.1, -0.05) is 0 Å². The van der Waals surface area contributed by atoms with Crippen molar-refractivity contribution in [2.24, 2.45) is 0 Å². The van der Waals surface area contributed by atoms with Crippen molar-refractivity contribution in [1.29, 1.82) is 0 Å². The Morgan fingerprint density at radius 3 is 2.35 bits per heavy atom. The molecule has 1 aliphatic heterocycles. The average molecular weight is 450 g/mol. The van der Waals surface area contributed by atoms with Crippen LogP contribution in [-0.2, 0) is 10.0 Å². The van der Waals surface area contributed by atoms with E-state index in [1.165, 1.54) is 4.31 Å². The molecule has 1 N–H and O–H groups in total. The lowest BCUT2D eigenvalue weighted by Crippen LogP contribution is -2.49. The number of sulfonamides is 1. The first kappa shape index (κ1) is 23.1. The van der Waals surface area contributed by atoms with Crippen molar-refractivity contribution in [2.45, 2.75) is 32.6 Å². The Hall–Kier alpha value is -2.59. The molecule has 2 aromatic rings. The van der Waals surface area contributed by atoms with Gasteiger partial charge in [-0.05, 0) is 39.8 Å². The third-order valence-electron chi connectivity index (χ3n) is 4.89. The lowest BCUT2D eigenvalue weighted by atomic mass is 10.3. The van der Waals surface area contributed by atoms with Crippen LogP contribution >= 0.6 is 0 Å². The fourth-order valence-electron chi connectivity index (χ4n) is 3.51. The molecule has 2 heterocycles. The Bertz CT molecular complexity index is 991. The molecule has 170 valence electrons. The predicted octanol–water partition coefficient (Wildman–Crippen LogP) is 2.53. The van der Waals surface area contributed by atoms with Crippen molar-refractivity contribution in [2.75, 3.05) is 56.2 Å². The highest BCUT2D eigenvalue weighted by Crippen LogP contribution is 2.32. The van der Waals surface area contributed by atoms with Crippen LogP contribution in [0.2, 0.25) is 0 Å². The van der Waals surface area contributed by atoms with Crippen LogP contribution in [0.4, 0.5) is 11.6 Å². The molecule has 0 spiro atoms. The SMILES string of the molecule is CCNc1cc(N2CCN(S(=O)(=O)c3ccc(OCC)cc3OCC)CC2)nc(C)n1. The smallest absolute Gasteiger partial charge is 0.246 e. The zero-order valence-corrected chi connectivity index (χ0v) is 19.4. The average Bonchev–Trinajstić information content (AvgIpc) is 2.74. The molecule has 0 bridgehead atoms. The minimum Gasteiger partial charge on any atom is -0.494 e. The maximum atomic E-state index is 13.3. The molecule has 10 heteroatoms. The van der Waals surface area contributed by atoms with Crippen LogP contribution in [0.25, 0.3) is 0 Å². The van der Waals surface area contributed by atoms with Crippen LogP contribution in [0, 0.1) is 6.92 Å². The number of nitrogens with zero attached hydrogens (tertiary/aromatic N) is 4. The minimum atomic E-state index is -3.70. The van der Waals surface area contributed by atoms with E-state index in [0.29, 0.717) is 56.7 Å². The number of piperazine rings is 1. The van der Waals surface area contributed by atoms with Crippen molar-refractivity contribution >= 4 is 21.7 Å². The van der Waals surface area contributed by atoms with Gasteiger partial charge in [0, 0.05) is 44.9 Å².